The molecule has 2 aromatic carbocycles. The van der Waals surface area contributed by atoms with Crippen molar-refractivity contribution < 1.29 is 14.6 Å². The second-order valence-corrected chi connectivity index (χ2v) is 7.16. The van der Waals surface area contributed by atoms with Gasteiger partial charge in [-0.05, 0) is 28.8 Å². The minimum Gasteiger partial charge on any atom is -0.480 e. The average Bonchev–Trinajstić information content (AvgIpc) is 2.68. The lowest BCUT2D eigenvalue weighted by Gasteiger charge is -2.35. The van der Waals surface area contributed by atoms with Crippen LogP contribution in [0.5, 0.6) is 0 Å². The fourth-order valence-corrected chi connectivity index (χ4v) is 3.46. The van der Waals surface area contributed by atoms with Gasteiger partial charge in [-0.3, -0.25) is 9.80 Å². The van der Waals surface area contributed by atoms with E-state index in [0.717, 1.165) is 44.3 Å². The van der Waals surface area contributed by atoms with Crippen LogP contribution in [-0.2, 0) is 16.1 Å². The van der Waals surface area contributed by atoms with E-state index in [2.05, 4.69) is 46.2 Å². The molecule has 0 bridgehead atoms. The molecule has 0 aromatic heterocycles. The third-order valence-corrected chi connectivity index (χ3v) is 5.06. The van der Waals surface area contributed by atoms with E-state index in [1.54, 1.807) is 0 Å². The van der Waals surface area contributed by atoms with E-state index in [0.29, 0.717) is 6.61 Å². The normalized spacial score (nSPS) is 15.7. The Kier molecular flexibility index (Phi) is 7.24. The van der Waals surface area contributed by atoms with E-state index < -0.39 is 5.97 Å². The van der Waals surface area contributed by atoms with E-state index in [1.807, 2.05) is 12.1 Å². The lowest BCUT2D eigenvalue weighted by molar-refractivity contribution is -0.142. The second kappa shape index (κ2) is 9.85. The van der Waals surface area contributed by atoms with Crippen molar-refractivity contribution >= 4 is 17.6 Å². The van der Waals surface area contributed by atoms with Crippen LogP contribution in [0.15, 0.2) is 48.5 Å². The summed E-state index contributed by atoms with van der Waals surface area (Å²) in [6.45, 7) is 5.87. The Labute approximate surface area is 165 Å². The highest BCUT2D eigenvalue weighted by atomic mass is 35.5. The number of benzene rings is 2. The number of halogens is 1. The molecular weight excluding hydrogens is 364 g/mol. The number of carboxylic acids is 1. The number of aliphatic carboxylic acids is 1. The van der Waals surface area contributed by atoms with Crippen LogP contribution in [0.1, 0.15) is 5.56 Å². The molecule has 0 amide bonds. The highest BCUT2D eigenvalue weighted by Crippen LogP contribution is 2.26. The van der Waals surface area contributed by atoms with Gasteiger partial charge >= 0.3 is 5.97 Å². The van der Waals surface area contributed by atoms with Crippen LogP contribution in [0.25, 0.3) is 11.1 Å². The van der Waals surface area contributed by atoms with Gasteiger partial charge in [-0.15, -0.1) is 0 Å². The monoisotopic (exact) mass is 388 g/mol. The maximum Gasteiger partial charge on any atom is 0.329 e. The van der Waals surface area contributed by atoms with Crippen LogP contribution in [0, 0.1) is 0 Å². The van der Waals surface area contributed by atoms with Gasteiger partial charge < -0.3 is 9.84 Å². The summed E-state index contributed by atoms with van der Waals surface area (Å²) in [5, 5.41) is 9.34. The van der Waals surface area contributed by atoms with Crippen molar-refractivity contribution in [2.75, 3.05) is 45.9 Å². The molecule has 3 rings (SSSR count). The topological polar surface area (TPSA) is 53.0 Å². The fraction of sp³-hybridized carbons (Fsp3) is 0.381. The molecule has 27 heavy (non-hydrogen) atoms. The Morgan fingerprint density at radius 1 is 1.00 bits per heavy atom. The van der Waals surface area contributed by atoms with Crippen LogP contribution >= 0.6 is 11.6 Å². The van der Waals surface area contributed by atoms with Crippen molar-refractivity contribution in [3.8, 4) is 11.1 Å². The summed E-state index contributed by atoms with van der Waals surface area (Å²) < 4.78 is 5.13. The van der Waals surface area contributed by atoms with E-state index in [4.69, 9.17) is 21.4 Å². The molecule has 0 spiro atoms. The summed E-state index contributed by atoms with van der Waals surface area (Å²) in [6, 6.07) is 16.5. The van der Waals surface area contributed by atoms with Gasteiger partial charge in [-0.1, -0.05) is 48.0 Å². The molecule has 0 unspecified atom stereocenters. The Bertz CT molecular complexity index is 743. The number of carbonyl (C=O) groups is 1. The van der Waals surface area contributed by atoms with Crippen molar-refractivity contribution in [1.29, 1.82) is 0 Å². The summed E-state index contributed by atoms with van der Waals surface area (Å²) in [5.41, 5.74) is 3.75. The number of piperazine rings is 1. The number of nitrogens with zero attached hydrogens (tertiary/aromatic N) is 2. The Balaban J connectivity index is 1.52. The standard InChI is InChI=1S/C21H25ClN2O3/c22-19-7-5-17(6-8-19)20-4-2-1-3-18(20)15-24-11-9-23(10-12-24)13-14-27-16-21(25)26/h1-8H,9-16H2,(H,25,26). The largest absolute Gasteiger partial charge is 0.480 e. The molecule has 0 atom stereocenters. The Morgan fingerprint density at radius 2 is 1.67 bits per heavy atom. The maximum absolute atomic E-state index is 10.5. The molecule has 6 heteroatoms. The Hall–Kier alpha value is -1.92. The zero-order chi connectivity index (χ0) is 19.1. The van der Waals surface area contributed by atoms with E-state index in [-0.39, 0.29) is 6.61 Å². The zero-order valence-corrected chi connectivity index (χ0v) is 16.1. The summed E-state index contributed by atoms with van der Waals surface area (Å²) in [6.07, 6.45) is 0. The predicted molar refractivity (Wildman–Crippen MR) is 107 cm³/mol. The third-order valence-electron chi connectivity index (χ3n) is 4.81. The van der Waals surface area contributed by atoms with Crippen molar-refractivity contribution in [2.24, 2.45) is 0 Å². The number of carboxylic acid groups (broad SMARTS) is 1. The summed E-state index contributed by atoms with van der Waals surface area (Å²) in [7, 11) is 0. The highest BCUT2D eigenvalue weighted by Gasteiger charge is 2.18. The number of hydrogen-bond donors (Lipinski definition) is 1. The van der Waals surface area contributed by atoms with Crippen molar-refractivity contribution in [3.63, 3.8) is 0 Å². The minimum atomic E-state index is -0.917. The summed E-state index contributed by atoms with van der Waals surface area (Å²) in [5.74, 6) is -0.917. The minimum absolute atomic E-state index is 0.221. The molecule has 0 radical (unpaired) electrons. The smallest absolute Gasteiger partial charge is 0.329 e. The van der Waals surface area contributed by atoms with Gasteiger partial charge in [-0.25, -0.2) is 4.79 Å². The molecule has 1 aliphatic heterocycles. The molecule has 0 saturated carbocycles. The molecule has 2 aromatic rings. The first kappa shape index (κ1) is 19.8. The second-order valence-electron chi connectivity index (χ2n) is 6.73. The molecule has 0 aliphatic carbocycles. The lowest BCUT2D eigenvalue weighted by atomic mass is 9.99. The quantitative estimate of drug-likeness (QED) is 0.704. The van der Waals surface area contributed by atoms with Crippen LogP contribution < -0.4 is 0 Å². The summed E-state index contributed by atoms with van der Waals surface area (Å²) in [4.78, 5) is 15.2. The van der Waals surface area contributed by atoms with E-state index in [9.17, 15) is 4.79 Å². The van der Waals surface area contributed by atoms with Gasteiger partial charge in [-0.2, -0.15) is 0 Å². The van der Waals surface area contributed by atoms with Gasteiger partial charge in [0.25, 0.3) is 0 Å². The molecule has 5 nitrogen and oxygen atoms in total. The maximum atomic E-state index is 10.5. The van der Waals surface area contributed by atoms with E-state index >= 15 is 0 Å². The van der Waals surface area contributed by atoms with Crippen LogP contribution in [0.2, 0.25) is 5.02 Å². The van der Waals surface area contributed by atoms with Crippen molar-refractivity contribution in [3.05, 3.63) is 59.1 Å². The first-order chi connectivity index (χ1) is 13.1. The molecule has 1 N–H and O–H groups in total. The molecule has 1 aliphatic rings. The number of hydrogen-bond acceptors (Lipinski definition) is 4. The Morgan fingerprint density at radius 3 is 2.37 bits per heavy atom. The van der Waals surface area contributed by atoms with Gasteiger partial charge in [0.05, 0.1) is 6.61 Å². The first-order valence-corrected chi connectivity index (χ1v) is 9.58. The highest BCUT2D eigenvalue weighted by molar-refractivity contribution is 6.30. The van der Waals surface area contributed by atoms with Gasteiger partial charge in [0.15, 0.2) is 0 Å². The fourth-order valence-electron chi connectivity index (χ4n) is 3.33. The summed E-state index contributed by atoms with van der Waals surface area (Å²) >= 11 is 6.02. The van der Waals surface area contributed by atoms with Crippen LogP contribution in [0.3, 0.4) is 0 Å². The lowest BCUT2D eigenvalue weighted by Crippen LogP contribution is -2.46. The van der Waals surface area contributed by atoms with E-state index in [1.165, 1.54) is 16.7 Å². The molecular formula is C21H25ClN2O3. The predicted octanol–water partition coefficient (Wildman–Crippen LogP) is 3.23. The zero-order valence-electron chi connectivity index (χ0n) is 15.3. The first-order valence-electron chi connectivity index (χ1n) is 9.20. The molecule has 1 heterocycles. The molecule has 144 valence electrons. The van der Waals surface area contributed by atoms with Crippen molar-refractivity contribution in [1.82, 2.24) is 9.80 Å². The third kappa shape index (κ3) is 6.04. The number of rotatable bonds is 8. The molecule has 1 fully saturated rings. The van der Waals surface area contributed by atoms with Gasteiger partial charge in [0, 0.05) is 44.3 Å². The SMILES string of the molecule is O=C(O)COCCN1CCN(Cc2ccccc2-c2ccc(Cl)cc2)CC1. The van der Waals surface area contributed by atoms with Crippen LogP contribution in [0.4, 0.5) is 0 Å². The molecule has 1 saturated heterocycles. The van der Waals surface area contributed by atoms with Crippen LogP contribution in [-0.4, -0.2) is 66.8 Å². The number of ether oxygens (including phenoxy) is 1. The van der Waals surface area contributed by atoms with Gasteiger partial charge in [0.1, 0.15) is 6.61 Å². The average molecular weight is 389 g/mol. The van der Waals surface area contributed by atoms with Gasteiger partial charge in [0.2, 0.25) is 0 Å². The van der Waals surface area contributed by atoms with Crippen molar-refractivity contribution in [2.45, 2.75) is 6.54 Å².